The first kappa shape index (κ1) is 18.6. The van der Waals surface area contributed by atoms with E-state index in [9.17, 15) is 14.7 Å². The summed E-state index contributed by atoms with van der Waals surface area (Å²) in [6.45, 7) is 2.00. The van der Waals surface area contributed by atoms with Crippen LogP contribution in [0.1, 0.15) is 18.4 Å². The average Bonchev–Trinajstić information content (AvgIpc) is 3.36. The predicted molar refractivity (Wildman–Crippen MR) is 104 cm³/mol. The number of carbonyl (C=O) groups is 2. The number of aliphatic hydroxyl groups excluding tert-OH is 1. The monoisotopic (exact) mass is 398 g/mol. The lowest BCUT2D eigenvalue weighted by molar-refractivity contribution is -0.144. The molecule has 2 bridgehead atoms. The number of piperidine rings is 1. The fraction of sp³-hybridized carbons (Fsp3) is 0.545. The maximum absolute atomic E-state index is 13.4. The Labute approximate surface area is 169 Å². The summed E-state index contributed by atoms with van der Waals surface area (Å²) >= 11 is 0. The Balaban J connectivity index is 1.36. The third-order valence-corrected chi connectivity index (χ3v) is 6.75. The van der Waals surface area contributed by atoms with Gasteiger partial charge < -0.3 is 24.4 Å². The number of ether oxygens (including phenoxy) is 2. The SMILES string of the molecule is COc1cccc(CN2C[C@]34C=C[C@H](O3)[C@H](C(=O)N3CCC(O)CC3)[C@H]4C2=O)c1. The first-order chi connectivity index (χ1) is 14.0. The molecule has 1 aromatic rings. The second kappa shape index (κ2) is 6.85. The predicted octanol–water partition coefficient (Wildman–Crippen LogP) is 0.960. The Bertz CT molecular complexity index is 863. The van der Waals surface area contributed by atoms with Gasteiger partial charge in [-0.3, -0.25) is 9.59 Å². The highest BCUT2D eigenvalue weighted by Crippen LogP contribution is 2.52. The van der Waals surface area contributed by atoms with Crippen LogP contribution in [0.15, 0.2) is 36.4 Å². The Hall–Kier alpha value is -2.38. The first-order valence-electron chi connectivity index (χ1n) is 10.3. The van der Waals surface area contributed by atoms with E-state index in [0.717, 1.165) is 11.3 Å². The van der Waals surface area contributed by atoms with Gasteiger partial charge in [0.1, 0.15) is 11.4 Å². The number of nitrogens with zero attached hydrogens (tertiary/aromatic N) is 2. The zero-order valence-corrected chi connectivity index (χ0v) is 16.5. The van der Waals surface area contributed by atoms with Gasteiger partial charge in [-0.15, -0.1) is 0 Å². The van der Waals surface area contributed by atoms with E-state index in [4.69, 9.17) is 9.47 Å². The van der Waals surface area contributed by atoms with E-state index < -0.39 is 17.4 Å². The van der Waals surface area contributed by atoms with Crippen molar-refractivity contribution in [3.8, 4) is 5.75 Å². The highest BCUT2D eigenvalue weighted by Gasteiger charge is 2.67. The molecule has 0 unspecified atom stereocenters. The molecule has 7 heteroatoms. The largest absolute Gasteiger partial charge is 0.497 e. The van der Waals surface area contributed by atoms with Crippen LogP contribution in [0.25, 0.3) is 0 Å². The van der Waals surface area contributed by atoms with E-state index in [1.807, 2.05) is 36.4 Å². The summed E-state index contributed by atoms with van der Waals surface area (Å²) in [6, 6.07) is 7.68. The van der Waals surface area contributed by atoms with Gasteiger partial charge in [-0.25, -0.2) is 0 Å². The van der Waals surface area contributed by atoms with Gasteiger partial charge in [0.2, 0.25) is 11.8 Å². The van der Waals surface area contributed by atoms with Crippen LogP contribution in [-0.4, -0.2) is 71.3 Å². The average molecular weight is 398 g/mol. The third-order valence-electron chi connectivity index (χ3n) is 6.75. The van der Waals surface area contributed by atoms with Gasteiger partial charge >= 0.3 is 0 Å². The van der Waals surface area contributed by atoms with Crippen LogP contribution in [-0.2, 0) is 20.9 Å². The molecule has 2 amide bonds. The minimum atomic E-state index is -0.698. The molecule has 4 atom stereocenters. The van der Waals surface area contributed by atoms with E-state index in [1.54, 1.807) is 16.9 Å². The van der Waals surface area contributed by atoms with Crippen molar-refractivity contribution in [2.24, 2.45) is 11.8 Å². The van der Waals surface area contributed by atoms with Crippen molar-refractivity contribution in [2.75, 3.05) is 26.7 Å². The molecule has 7 nitrogen and oxygen atoms in total. The molecule has 1 spiro atoms. The number of methoxy groups -OCH3 is 1. The maximum atomic E-state index is 13.4. The summed E-state index contributed by atoms with van der Waals surface area (Å²) < 4.78 is 11.5. The zero-order valence-electron chi connectivity index (χ0n) is 16.5. The molecule has 154 valence electrons. The topological polar surface area (TPSA) is 79.3 Å². The number of amides is 2. The molecule has 1 aromatic carbocycles. The molecule has 0 saturated carbocycles. The number of rotatable bonds is 4. The van der Waals surface area contributed by atoms with Crippen LogP contribution < -0.4 is 4.74 Å². The van der Waals surface area contributed by atoms with Crippen LogP contribution in [0.3, 0.4) is 0 Å². The van der Waals surface area contributed by atoms with Crippen LogP contribution in [0.2, 0.25) is 0 Å². The summed E-state index contributed by atoms with van der Waals surface area (Å²) in [4.78, 5) is 30.2. The summed E-state index contributed by atoms with van der Waals surface area (Å²) in [5, 5.41) is 9.74. The molecule has 4 aliphatic rings. The molecule has 5 rings (SSSR count). The Morgan fingerprint density at radius 1 is 1.34 bits per heavy atom. The highest BCUT2D eigenvalue weighted by atomic mass is 16.5. The molecule has 4 heterocycles. The molecule has 1 N–H and O–H groups in total. The Morgan fingerprint density at radius 3 is 2.90 bits per heavy atom. The smallest absolute Gasteiger partial charge is 0.230 e. The number of benzene rings is 1. The van der Waals surface area contributed by atoms with Crippen molar-refractivity contribution >= 4 is 11.8 Å². The van der Waals surface area contributed by atoms with Crippen molar-refractivity contribution < 1.29 is 24.2 Å². The van der Waals surface area contributed by atoms with Gasteiger partial charge in [0.25, 0.3) is 0 Å². The number of fused-ring (bicyclic) bond motifs is 1. The molecular weight excluding hydrogens is 372 g/mol. The molecule has 3 saturated heterocycles. The third kappa shape index (κ3) is 2.95. The summed E-state index contributed by atoms with van der Waals surface area (Å²) in [5.74, 6) is -0.227. The van der Waals surface area contributed by atoms with Crippen LogP contribution in [0, 0.1) is 11.8 Å². The Kier molecular flexibility index (Phi) is 4.40. The molecule has 29 heavy (non-hydrogen) atoms. The second-order valence-electron chi connectivity index (χ2n) is 8.50. The van der Waals surface area contributed by atoms with Crippen molar-refractivity contribution in [3.63, 3.8) is 0 Å². The first-order valence-corrected chi connectivity index (χ1v) is 10.3. The van der Waals surface area contributed by atoms with Gasteiger partial charge in [-0.05, 0) is 30.5 Å². The zero-order chi connectivity index (χ0) is 20.2. The lowest BCUT2D eigenvalue weighted by Crippen LogP contribution is -2.49. The summed E-state index contributed by atoms with van der Waals surface area (Å²) in [7, 11) is 1.62. The van der Waals surface area contributed by atoms with Crippen molar-refractivity contribution in [2.45, 2.75) is 37.2 Å². The summed E-state index contributed by atoms with van der Waals surface area (Å²) in [6.07, 6.45) is 4.43. The van der Waals surface area contributed by atoms with Gasteiger partial charge in [-0.1, -0.05) is 24.3 Å². The van der Waals surface area contributed by atoms with Gasteiger partial charge in [-0.2, -0.15) is 0 Å². The fourth-order valence-electron chi connectivity index (χ4n) is 5.28. The number of hydrogen-bond acceptors (Lipinski definition) is 5. The number of likely N-dealkylation sites (tertiary alicyclic amines) is 2. The fourth-order valence-corrected chi connectivity index (χ4v) is 5.28. The van der Waals surface area contributed by atoms with E-state index in [-0.39, 0.29) is 24.0 Å². The van der Waals surface area contributed by atoms with Crippen molar-refractivity contribution in [3.05, 3.63) is 42.0 Å². The minimum absolute atomic E-state index is 0.0185. The summed E-state index contributed by atoms with van der Waals surface area (Å²) in [5.41, 5.74) is 0.288. The van der Waals surface area contributed by atoms with E-state index in [0.29, 0.717) is 39.0 Å². The standard InChI is InChI=1S/C22H26N2O5/c1-28-16-4-2-3-14(11-16)12-24-13-22-8-5-17(29-22)18(19(22)21(24)27)20(26)23-9-6-15(25)7-10-23/h2-5,8,11,15,17-19,25H,6-7,9-10,12-13H2,1H3/t17-,18-,19-,22-/m0/s1. The Morgan fingerprint density at radius 2 is 2.14 bits per heavy atom. The maximum Gasteiger partial charge on any atom is 0.230 e. The van der Waals surface area contributed by atoms with Gasteiger partial charge in [0.15, 0.2) is 0 Å². The molecule has 3 fully saturated rings. The molecule has 0 aliphatic carbocycles. The van der Waals surface area contributed by atoms with Gasteiger partial charge in [0.05, 0.1) is 37.7 Å². The van der Waals surface area contributed by atoms with E-state index >= 15 is 0 Å². The number of aliphatic hydroxyl groups is 1. The second-order valence-corrected chi connectivity index (χ2v) is 8.50. The van der Waals surface area contributed by atoms with Crippen LogP contribution in [0.5, 0.6) is 5.75 Å². The lowest BCUT2D eigenvalue weighted by atomic mass is 9.76. The van der Waals surface area contributed by atoms with E-state index in [2.05, 4.69) is 0 Å². The van der Waals surface area contributed by atoms with Crippen LogP contribution in [0.4, 0.5) is 0 Å². The van der Waals surface area contributed by atoms with Gasteiger partial charge in [0, 0.05) is 19.6 Å². The normalized spacial score (nSPS) is 33.4. The highest BCUT2D eigenvalue weighted by molar-refractivity contribution is 5.93. The van der Waals surface area contributed by atoms with Crippen LogP contribution >= 0.6 is 0 Å². The van der Waals surface area contributed by atoms with Crippen molar-refractivity contribution in [1.29, 1.82) is 0 Å². The van der Waals surface area contributed by atoms with E-state index in [1.165, 1.54) is 0 Å². The lowest BCUT2D eigenvalue weighted by Gasteiger charge is -2.34. The van der Waals surface area contributed by atoms with Crippen molar-refractivity contribution in [1.82, 2.24) is 9.80 Å². The number of hydrogen-bond donors (Lipinski definition) is 1. The number of carbonyl (C=O) groups excluding carboxylic acids is 2. The quantitative estimate of drug-likeness (QED) is 0.765. The molecule has 4 aliphatic heterocycles. The molecular formula is C22H26N2O5. The minimum Gasteiger partial charge on any atom is -0.497 e. The molecule has 0 radical (unpaired) electrons. The molecule has 0 aromatic heterocycles.